The van der Waals surface area contributed by atoms with Crippen molar-refractivity contribution in [1.29, 1.82) is 0 Å². The summed E-state index contributed by atoms with van der Waals surface area (Å²) in [5, 5.41) is 3.26. The fourth-order valence-corrected chi connectivity index (χ4v) is 4.53. The van der Waals surface area contributed by atoms with Gasteiger partial charge in [0.15, 0.2) is 0 Å². The average molecular weight is 457 g/mol. The first-order valence-electron chi connectivity index (χ1n) is 12.6. The van der Waals surface area contributed by atoms with Crippen molar-refractivity contribution in [2.24, 2.45) is 16.3 Å². The van der Waals surface area contributed by atoms with E-state index in [-0.39, 0.29) is 11.5 Å². The summed E-state index contributed by atoms with van der Waals surface area (Å²) >= 11 is 0. The van der Waals surface area contributed by atoms with E-state index in [0.29, 0.717) is 5.92 Å². The van der Waals surface area contributed by atoms with Crippen molar-refractivity contribution in [1.82, 2.24) is 5.32 Å². The van der Waals surface area contributed by atoms with Gasteiger partial charge in [-0.2, -0.15) is 0 Å². The van der Waals surface area contributed by atoms with Gasteiger partial charge in [0.1, 0.15) is 0 Å². The van der Waals surface area contributed by atoms with Crippen LogP contribution in [0.5, 0.6) is 0 Å². The third-order valence-corrected chi connectivity index (χ3v) is 6.61. The van der Waals surface area contributed by atoms with Gasteiger partial charge in [-0.05, 0) is 74.1 Å². The third kappa shape index (κ3) is 7.40. The van der Waals surface area contributed by atoms with Gasteiger partial charge in [0.05, 0.1) is 11.8 Å². The van der Waals surface area contributed by atoms with Crippen LogP contribution in [-0.2, 0) is 0 Å². The number of rotatable bonds is 10. The van der Waals surface area contributed by atoms with Crippen molar-refractivity contribution in [3.8, 4) is 0 Å². The number of hydrogen-bond acceptors (Lipinski definition) is 2. The molecule has 0 spiro atoms. The zero-order chi connectivity index (χ0) is 25.1. The molecule has 2 heteroatoms. The Morgan fingerprint density at radius 3 is 2.56 bits per heavy atom. The summed E-state index contributed by atoms with van der Waals surface area (Å²) in [5.41, 5.74) is 7.02. The van der Waals surface area contributed by atoms with Gasteiger partial charge in [-0.15, -0.1) is 0 Å². The molecule has 2 atom stereocenters. The largest absolute Gasteiger partial charge is 0.319 e. The number of hydrogen-bond donors (Lipinski definition) is 1. The first kappa shape index (κ1) is 27.5. The van der Waals surface area contributed by atoms with Crippen molar-refractivity contribution >= 4 is 5.71 Å². The van der Waals surface area contributed by atoms with E-state index in [0.717, 1.165) is 25.1 Å². The number of benzene rings is 1. The summed E-state index contributed by atoms with van der Waals surface area (Å²) in [4.78, 5) is 5.22. The Bertz CT molecular complexity index is 997. The molecule has 1 aliphatic rings. The van der Waals surface area contributed by atoms with Gasteiger partial charge in [-0.3, -0.25) is 4.99 Å². The van der Waals surface area contributed by atoms with E-state index in [2.05, 4.69) is 120 Å². The molecule has 2 rings (SSSR count). The lowest BCUT2D eigenvalue weighted by atomic mass is 9.74. The summed E-state index contributed by atoms with van der Waals surface area (Å²) in [5.74, 6) is 0.617. The molecule has 1 aromatic rings. The minimum absolute atomic E-state index is 0.111. The minimum Gasteiger partial charge on any atom is -0.319 e. The Kier molecular flexibility index (Phi) is 10.7. The molecule has 0 aliphatic carbocycles. The Hall–Kier alpha value is -2.71. The van der Waals surface area contributed by atoms with Crippen LogP contribution in [0.3, 0.4) is 0 Å². The van der Waals surface area contributed by atoms with Crippen molar-refractivity contribution in [3.63, 3.8) is 0 Å². The van der Waals surface area contributed by atoms with E-state index in [9.17, 15) is 0 Å². The SMILES string of the molecule is C=C/C(=C(/C)C=CCC(C)CNC)C(C)(C)C1=C/C(CC)\N=C(c2ccccc2)/C(C)=C\C=C/1. The van der Waals surface area contributed by atoms with Crippen molar-refractivity contribution < 1.29 is 0 Å². The Morgan fingerprint density at radius 2 is 1.94 bits per heavy atom. The highest BCUT2D eigenvalue weighted by Gasteiger charge is 2.27. The van der Waals surface area contributed by atoms with Crippen LogP contribution >= 0.6 is 0 Å². The second-order valence-corrected chi connectivity index (χ2v) is 9.88. The first-order chi connectivity index (χ1) is 16.2. The normalized spacial score (nSPS) is 24.3. The fraction of sp³-hybridized carbons (Fsp3) is 0.406. The second kappa shape index (κ2) is 13.2. The Balaban J connectivity index is 2.47. The standard InChI is InChI=1S/C32H44N2/c1-9-29-22-28(21-15-18-26(5)31(34-29)27-19-12-11-13-20-27)32(6,7)30(10-2)25(4)17-14-16-24(3)23-33-8/h10-15,17-22,24,29,33H,2,9,16,23H2,1,3-8H3/b17-14?,21-15-,26-18-,28-22-,30-25+,34-31+. The number of aliphatic imine (C=N–C) groups is 1. The van der Waals surface area contributed by atoms with Crippen molar-refractivity contribution in [3.05, 3.63) is 107 Å². The van der Waals surface area contributed by atoms with Crippen LogP contribution in [0.1, 0.15) is 59.9 Å². The molecule has 0 saturated heterocycles. The lowest BCUT2D eigenvalue weighted by Crippen LogP contribution is -2.19. The summed E-state index contributed by atoms with van der Waals surface area (Å²) in [7, 11) is 2.01. The van der Waals surface area contributed by atoms with Crippen LogP contribution in [0.2, 0.25) is 0 Å². The molecule has 34 heavy (non-hydrogen) atoms. The quantitative estimate of drug-likeness (QED) is 0.354. The highest BCUT2D eigenvalue weighted by atomic mass is 14.8. The highest BCUT2D eigenvalue weighted by molar-refractivity contribution is 6.12. The topological polar surface area (TPSA) is 24.4 Å². The molecule has 0 amide bonds. The summed E-state index contributed by atoms with van der Waals surface area (Å²) in [6.07, 6.45) is 17.5. The van der Waals surface area contributed by atoms with Crippen LogP contribution in [0.25, 0.3) is 0 Å². The number of allylic oxidation sites excluding steroid dienone is 10. The molecule has 2 unspecified atom stereocenters. The Morgan fingerprint density at radius 1 is 1.24 bits per heavy atom. The van der Waals surface area contributed by atoms with Crippen LogP contribution in [0.4, 0.5) is 0 Å². The molecule has 1 heterocycles. The summed E-state index contributed by atoms with van der Waals surface area (Å²) in [6.45, 7) is 18.6. The van der Waals surface area contributed by atoms with Crippen molar-refractivity contribution in [2.75, 3.05) is 13.6 Å². The first-order valence-corrected chi connectivity index (χ1v) is 12.6. The Labute approximate surface area is 208 Å². The van der Waals surface area contributed by atoms with Gasteiger partial charge in [0.25, 0.3) is 0 Å². The highest BCUT2D eigenvalue weighted by Crippen LogP contribution is 2.39. The summed E-state index contributed by atoms with van der Waals surface area (Å²) < 4.78 is 0. The number of nitrogens with one attached hydrogen (secondary N) is 1. The monoisotopic (exact) mass is 456 g/mol. The van der Waals surface area contributed by atoms with E-state index in [1.165, 1.54) is 27.9 Å². The molecule has 0 aromatic heterocycles. The maximum atomic E-state index is 5.22. The van der Waals surface area contributed by atoms with E-state index >= 15 is 0 Å². The van der Waals surface area contributed by atoms with Gasteiger partial charge in [0, 0.05) is 5.41 Å². The van der Waals surface area contributed by atoms with Gasteiger partial charge in [0.2, 0.25) is 0 Å². The molecule has 1 aliphatic heterocycles. The van der Waals surface area contributed by atoms with Gasteiger partial charge < -0.3 is 5.32 Å². The fourth-order valence-electron chi connectivity index (χ4n) is 4.53. The molecule has 0 fully saturated rings. The van der Waals surface area contributed by atoms with Gasteiger partial charge in [-0.1, -0.05) is 107 Å². The molecule has 0 bridgehead atoms. The van der Waals surface area contributed by atoms with Crippen LogP contribution < -0.4 is 5.32 Å². The molecule has 1 aromatic carbocycles. The molecule has 0 saturated carbocycles. The molecule has 2 nitrogen and oxygen atoms in total. The predicted octanol–water partition coefficient (Wildman–Crippen LogP) is 8.03. The molecular formula is C32H44N2. The van der Waals surface area contributed by atoms with E-state index in [1.807, 2.05) is 13.1 Å². The zero-order valence-corrected chi connectivity index (χ0v) is 22.4. The van der Waals surface area contributed by atoms with E-state index < -0.39 is 0 Å². The maximum Gasteiger partial charge on any atom is 0.0690 e. The van der Waals surface area contributed by atoms with Crippen molar-refractivity contribution in [2.45, 2.75) is 60.4 Å². The molecule has 0 radical (unpaired) electrons. The minimum atomic E-state index is -0.189. The van der Waals surface area contributed by atoms with Crippen LogP contribution in [-0.4, -0.2) is 25.3 Å². The maximum absolute atomic E-state index is 5.22. The smallest absolute Gasteiger partial charge is 0.0690 e. The zero-order valence-electron chi connectivity index (χ0n) is 22.4. The lowest BCUT2D eigenvalue weighted by Gasteiger charge is -2.30. The van der Waals surface area contributed by atoms with Gasteiger partial charge in [-0.25, -0.2) is 0 Å². The predicted molar refractivity (Wildman–Crippen MR) is 152 cm³/mol. The van der Waals surface area contributed by atoms with Gasteiger partial charge >= 0.3 is 0 Å². The molecule has 1 N–H and O–H groups in total. The second-order valence-electron chi connectivity index (χ2n) is 9.88. The van der Waals surface area contributed by atoms with E-state index in [4.69, 9.17) is 4.99 Å². The number of nitrogens with zero attached hydrogens (tertiary/aromatic N) is 1. The van der Waals surface area contributed by atoms with Crippen LogP contribution in [0.15, 0.2) is 107 Å². The molecule has 182 valence electrons. The van der Waals surface area contributed by atoms with E-state index in [1.54, 1.807) is 0 Å². The third-order valence-electron chi connectivity index (χ3n) is 6.61. The summed E-state index contributed by atoms with van der Waals surface area (Å²) in [6, 6.07) is 10.6. The lowest BCUT2D eigenvalue weighted by molar-refractivity contribution is 0.549. The van der Waals surface area contributed by atoms with Crippen LogP contribution in [0, 0.1) is 11.3 Å². The average Bonchev–Trinajstić information content (AvgIpc) is 2.89. The molecular weight excluding hydrogens is 412 g/mol.